The van der Waals surface area contributed by atoms with Crippen molar-refractivity contribution >= 4 is 15.7 Å². The zero-order valence-electron chi connectivity index (χ0n) is 14.9. The lowest BCUT2D eigenvalue weighted by molar-refractivity contribution is 0.0945. The van der Waals surface area contributed by atoms with Crippen LogP contribution in [0.4, 0.5) is 4.39 Å². The third-order valence-electron chi connectivity index (χ3n) is 4.67. The topological polar surface area (TPSA) is 81.1 Å². The first kappa shape index (κ1) is 18.4. The summed E-state index contributed by atoms with van der Waals surface area (Å²) in [6, 6.07) is 15.2. The number of hydrogen-bond acceptors (Lipinski definition) is 4. The Kier molecular flexibility index (Phi) is 4.72. The molecule has 28 heavy (non-hydrogen) atoms. The van der Waals surface area contributed by atoms with Gasteiger partial charge in [0, 0.05) is 18.7 Å². The molecule has 0 unspecified atom stereocenters. The van der Waals surface area contributed by atoms with E-state index in [1.54, 1.807) is 0 Å². The maximum Gasteiger partial charge on any atom is 0.270 e. The van der Waals surface area contributed by atoms with Gasteiger partial charge < -0.3 is 9.88 Å². The van der Waals surface area contributed by atoms with E-state index >= 15 is 0 Å². The molecule has 1 aliphatic rings. The lowest BCUT2D eigenvalue weighted by Gasteiger charge is -2.09. The molecule has 144 valence electrons. The minimum Gasteiger partial charge on any atom is -0.350 e. The van der Waals surface area contributed by atoms with Crippen LogP contribution in [0.2, 0.25) is 0 Å². The van der Waals surface area contributed by atoms with E-state index in [0.717, 1.165) is 5.56 Å². The maximum atomic E-state index is 13.3. The summed E-state index contributed by atoms with van der Waals surface area (Å²) in [6.45, 7) is 0.576. The van der Waals surface area contributed by atoms with E-state index in [1.165, 1.54) is 28.8 Å². The number of imidazole rings is 1. The van der Waals surface area contributed by atoms with Crippen molar-refractivity contribution in [2.24, 2.45) is 0 Å². The van der Waals surface area contributed by atoms with Crippen molar-refractivity contribution in [3.05, 3.63) is 71.7 Å². The molecule has 0 spiro atoms. The molecule has 1 amide bonds. The number of amides is 1. The lowest BCUT2D eigenvalue weighted by Crippen LogP contribution is -2.28. The largest absolute Gasteiger partial charge is 0.350 e. The lowest BCUT2D eigenvalue weighted by atomic mass is 10.1. The van der Waals surface area contributed by atoms with E-state index in [1.807, 2.05) is 30.3 Å². The average molecular weight is 399 g/mol. The fourth-order valence-electron chi connectivity index (χ4n) is 3.27. The first-order valence-corrected chi connectivity index (χ1v) is 10.5. The van der Waals surface area contributed by atoms with E-state index in [0.29, 0.717) is 18.5 Å². The van der Waals surface area contributed by atoms with Crippen LogP contribution in [0.25, 0.3) is 11.3 Å². The summed E-state index contributed by atoms with van der Waals surface area (Å²) in [7, 11) is -3.52. The van der Waals surface area contributed by atoms with Gasteiger partial charge >= 0.3 is 0 Å². The van der Waals surface area contributed by atoms with Gasteiger partial charge in [0.15, 0.2) is 0 Å². The molecular formula is C20H18FN3O3S. The molecule has 0 fully saturated rings. The van der Waals surface area contributed by atoms with Gasteiger partial charge in [-0.3, -0.25) is 4.79 Å². The highest BCUT2D eigenvalue weighted by Crippen LogP contribution is 2.30. The number of halogens is 1. The standard InChI is InChI=1S/C20H18FN3O3S/c21-16-8-6-15(7-9-16)17-18(24-12-13-28(26,27)20(24)23-17)19(25)22-11-10-14-4-2-1-3-5-14/h1-9H,10-13H2,(H,22,25). The highest BCUT2D eigenvalue weighted by molar-refractivity contribution is 7.91. The van der Waals surface area contributed by atoms with Crippen LogP contribution in [0.15, 0.2) is 59.8 Å². The Bertz CT molecular complexity index is 1120. The number of hydrogen-bond donors (Lipinski definition) is 1. The molecule has 0 atom stereocenters. The second kappa shape index (κ2) is 7.20. The highest BCUT2D eigenvalue weighted by Gasteiger charge is 2.35. The van der Waals surface area contributed by atoms with Crippen molar-refractivity contribution in [1.82, 2.24) is 14.9 Å². The second-order valence-corrected chi connectivity index (χ2v) is 8.56. The van der Waals surface area contributed by atoms with Crippen molar-refractivity contribution in [1.29, 1.82) is 0 Å². The molecule has 0 aliphatic carbocycles. The normalized spacial score (nSPS) is 14.6. The monoisotopic (exact) mass is 399 g/mol. The molecule has 0 saturated heterocycles. The van der Waals surface area contributed by atoms with Crippen LogP contribution < -0.4 is 5.32 Å². The van der Waals surface area contributed by atoms with Crippen molar-refractivity contribution in [2.45, 2.75) is 18.1 Å². The van der Waals surface area contributed by atoms with Crippen molar-refractivity contribution in [2.75, 3.05) is 12.3 Å². The minimum atomic E-state index is -3.52. The van der Waals surface area contributed by atoms with E-state index in [4.69, 9.17) is 0 Å². The second-order valence-electron chi connectivity index (χ2n) is 6.56. The highest BCUT2D eigenvalue weighted by atomic mass is 32.2. The van der Waals surface area contributed by atoms with Crippen LogP contribution in [-0.4, -0.2) is 36.2 Å². The molecule has 0 saturated carbocycles. The van der Waals surface area contributed by atoms with Gasteiger partial charge in [0.2, 0.25) is 15.0 Å². The summed E-state index contributed by atoms with van der Waals surface area (Å²) in [6.07, 6.45) is 0.651. The summed E-state index contributed by atoms with van der Waals surface area (Å²) in [5.74, 6) is -0.897. The molecule has 6 nitrogen and oxygen atoms in total. The van der Waals surface area contributed by atoms with E-state index in [2.05, 4.69) is 10.3 Å². The van der Waals surface area contributed by atoms with Crippen molar-refractivity contribution in [3.63, 3.8) is 0 Å². The quantitative estimate of drug-likeness (QED) is 0.715. The number of aromatic nitrogens is 2. The van der Waals surface area contributed by atoms with Gasteiger partial charge in [-0.25, -0.2) is 17.8 Å². The summed E-state index contributed by atoms with van der Waals surface area (Å²) in [4.78, 5) is 17.1. The third-order valence-corrected chi connectivity index (χ3v) is 6.26. The third kappa shape index (κ3) is 3.43. The molecule has 3 aromatic rings. The van der Waals surface area contributed by atoms with Crippen LogP contribution >= 0.6 is 0 Å². The molecular weight excluding hydrogens is 381 g/mol. The first-order valence-electron chi connectivity index (χ1n) is 8.87. The Hall–Kier alpha value is -3.00. The molecule has 1 aromatic heterocycles. The van der Waals surface area contributed by atoms with Gasteiger partial charge in [0.25, 0.3) is 5.91 Å². The number of nitrogens with zero attached hydrogens (tertiary/aromatic N) is 2. The zero-order chi connectivity index (χ0) is 19.7. The van der Waals surface area contributed by atoms with Gasteiger partial charge in [-0.05, 0) is 36.2 Å². The Morgan fingerprint density at radius 3 is 2.54 bits per heavy atom. The molecule has 1 N–H and O–H groups in total. The summed E-state index contributed by atoms with van der Waals surface area (Å²) < 4.78 is 39.2. The molecule has 0 bridgehead atoms. The number of rotatable bonds is 5. The van der Waals surface area contributed by atoms with Crippen LogP contribution in [0, 0.1) is 5.82 Å². The molecule has 4 rings (SSSR count). The molecule has 0 radical (unpaired) electrons. The number of carbonyl (C=O) groups excluding carboxylic acids is 1. The Labute approximate surface area is 162 Å². The van der Waals surface area contributed by atoms with Gasteiger partial charge in [-0.1, -0.05) is 30.3 Å². The van der Waals surface area contributed by atoms with E-state index < -0.39 is 21.6 Å². The molecule has 2 aromatic carbocycles. The van der Waals surface area contributed by atoms with Crippen molar-refractivity contribution in [3.8, 4) is 11.3 Å². The zero-order valence-corrected chi connectivity index (χ0v) is 15.7. The van der Waals surface area contributed by atoms with E-state index in [9.17, 15) is 17.6 Å². The number of nitrogens with one attached hydrogen (secondary N) is 1. The first-order chi connectivity index (χ1) is 13.5. The molecule has 2 heterocycles. The van der Waals surface area contributed by atoms with Crippen LogP contribution in [0.5, 0.6) is 0 Å². The van der Waals surface area contributed by atoms with Crippen LogP contribution in [0.3, 0.4) is 0 Å². The van der Waals surface area contributed by atoms with Crippen LogP contribution in [0.1, 0.15) is 16.1 Å². The smallest absolute Gasteiger partial charge is 0.270 e. The number of benzene rings is 2. The van der Waals surface area contributed by atoms with Crippen LogP contribution in [-0.2, 0) is 22.8 Å². The van der Waals surface area contributed by atoms with Gasteiger partial charge in [0.05, 0.1) is 5.75 Å². The minimum absolute atomic E-state index is 0.0800. The number of fused-ring (bicyclic) bond motifs is 1. The Morgan fingerprint density at radius 1 is 1.11 bits per heavy atom. The predicted octanol–water partition coefficient (Wildman–Crippen LogP) is 2.45. The summed E-state index contributed by atoms with van der Waals surface area (Å²) in [5.41, 5.74) is 2.01. The fraction of sp³-hybridized carbons (Fsp3) is 0.200. The van der Waals surface area contributed by atoms with Gasteiger partial charge in [0.1, 0.15) is 17.2 Å². The summed E-state index contributed by atoms with van der Waals surface area (Å²) in [5, 5.41) is 2.73. The van der Waals surface area contributed by atoms with Crippen molar-refractivity contribution < 1.29 is 17.6 Å². The number of carbonyl (C=O) groups is 1. The SMILES string of the molecule is O=C(NCCc1ccccc1)c1c(-c2ccc(F)cc2)nc2n1CCS2(=O)=O. The maximum absolute atomic E-state index is 13.3. The van der Waals surface area contributed by atoms with E-state index in [-0.39, 0.29) is 28.8 Å². The Morgan fingerprint density at radius 2 is 1.82 bits per heavy atom. The number of sulfone groups is 1. The average Bonchev–Trinajstić information content (AvgIpc) is 3.21. The summed E-state index contributed by atoms with van der Waals surface area (Å²) >= 11 is 0. The van der Waals surface area contributed by atoms with Gasteiger partial charge in [-0.2, -0.15) is 0 Å². The van der Waals surface area contributed by atoms with Gasteiger partial charge in [-0.15, -0.1) is 0 Å². The fourth-order valence-corrected chi connectivity index (χ4v) is 4.62. The predicted molar refractivity (Wildman–Crippen MR) is 102 cm³/mol. The molecule has 8 heteroatoms. The Balaban J connectivity index is 1.65. The molecule has 1 aliphatic heterocycles.